The van der Waals surface area contributed by atoms with Crippen LogP contribution in [0, 0.1) is 6.92 Å². The third-order valence-electron chi connectivity index (χ3n) is 2.73. The normalized spacial score (nSPS) is 10.9. The third kappa shape index (κ3) is 2.54. The van der Waals surface area contributed by atoms with E-state index in [-0.39, 0.29) is 6.10 Å². The van der Waals surface area contributed by atoms with Crippen LogP contribution in [0.5, 0.6) is 5.75 Å². The van der Waals surface area contributed by atoms with Gasteiger partial charge in [-0.1, -0.05) is 0 Å². The highest BCUT2D eigenvalue weighted by atomic mass is 16.5. The number of hydrogen-bond acceptors (Lipinski definition) is 3. The van der Waals surface area contributed by atoms with Crippen LogP contribution in [0.2, 0.25) is 0 Å². The summed E-state index contributed by atoms with van der Waals surface area (Å²) in [4.78, 5) is 7.37. The summed E-state index contributed by atoms with van der Waals surface area (Å²) in [5, 5.41) is 0. The van der Waals surface area contributed by atoms with Gasteiger partial charge in [-0.2, -0.15) is 0 Å². The number of imidazole rings is 1. The van der Waals surface area contributed by atoms with E-state index >= 15 is 0 Å². The molecule has 2 rings (SSSR count). The van der Waals surface area contributed by atoms with E-state index in [1.54, 1.807) is 6.33 Å². The molecule has 1 aromatic heterocycles. The molecule has 0 radical (unpaired) electrons. The van der Waals surface area contributed by atoms with Gasteiger partial charge in [-0.3, -0.25) is 0 Å². The molecule has 0 amide bonds. The van der Waals surface area contributed by atoms with Crippen LogP contribution in [-0.2, 0) is 6.54 Å². The molecule has 0 aliphatic rings. The lowest BCUT2D eigenvalue weighted by Gasteiger charge is -2.13. The van der Waals surface area contributed by atoms with Crippen molar-refractivity contribution >= 4 is 0 Å². The smallest absolute Gasteiger partial charge is 0.122 e. The van der Waals surface area contributed by atoms with Crippen molar-refractivity contribution in [1.29, 1.82) is 0 Å². The molecule has 1 aromatic carbocycles. The average molecular weight is 245 g/mol. The Bertz CT molecular complexity index is 532. The van der Waals surface area contributed by atoms with Crippen LogP contribution in [0.15, 0.2) is 24.5 Å². The number of nitrogens with zero attached hydrogens (tertiary/aromatic N) is 1. The van der Waals surface area contributed by atoms with Crippen molar-refractivity contribution in [3.63, 3.8) is 0 Å². The number of rotatable bonds is 4. The van der Waals surface area contributed by atoms with Crippen molar-refractivity contribution in [2.24, 2.45) is 5.73 Å². The summed E-state index contributed by atoms with van der Waals surface area (Å²) < 4.78 is 5.72. The Kier molecular flexibility index (Phi) is 3.67. The van der Waals surface area contributed by atoms with E-state index in [0.29, 0.717) is 6.54 Å². The van der Waals surface area contributed by atoms with Gasteiger partial charge < -0.3 is 15.5 Å². The molecule has 0 unspecified atom stereocenters. The van der Waals surface area contributed by atoms with Gasteiger partial charge in [-0.05, 0) is 44.5 Å². The Morgan fingerprint density at radius 3 is 2.78 bits per heavy atom. The Morgan fingerprint density at radius 1 is 1.39 bits per heavy atom. The van der Waals surface area contributed by atoms with Gasteiger partial charge in [0.1, 0.15) is 5.75 Å². The number of aryl methyl sites for hydroxylation is 1. The fourth-order valence-corrected chi connectivity index (χ4v) is 1.91. The number of nitrogens with two attached hydrogens (primary N) is 1. The van der Waals surface area contributed by atoms with E-state index in [1.165, 1.54) is 0 Å². The summed E-state index contributed by atoms with van der Waals surface area (Å²) in [5.74, 6) is 0.915. The Balaban J connectivity index is 2.34. The predicted octanol–water partition coefficient (Wildman–Crippen LogP) is 2.63. The standard InChI is InChI=1S/C14H19N3O/c1-9(2)18-13-5-4-11(6-10(13)3)14-12(7-15)16-8-17-14/h4-6,8-9H,7,15H2,1-3H3,(H,16,17). The molecule has 4 nitrogen and oxygen atoms in total. The first-order valence-corrected chi connectivity index (χ1v) is 6.11. The molecule has 0 saturated heterocycles. The fourth-order valence-electron chi connectivity index (χ4n) is 1.91. The lowest BCUT2D eigenvalue weighted by Crippen LogP contribution is -2.06. The van der Waals surface area contributed by atoms with E-state index in [0.717, 1.165) is 28.3 Å². The molecule has 0 fully saturated rings. The molecule has 0 aliphatic heterocycles. The number of aromatic amines is 1. The van der Waals surface area contributed by atoms with Crippen LogP contribution in [-0.4, -0.2) is 16.1 Å². The summed E-state index contributed by atoms with van der Waals surface area (Å²) in [5.41, 5.74) is 9.70. The maximum Gasteiger partial charge on any atom is 0.122 e. The molecule has 3 N–H and O–H groups in total. The Labute approximate surface area is 107 Å². The quantitative estimate of drug-likeness (QED) is 0.870. The topological polar surface area (TPSA) is 63.9 Å². The minimum Gasteiger partial charge on any atom is -0.491 e. The molecule has 4 heteroatoms. The maximum atomic E-state index is 5.72. The first-order valence-electron chi connectivity index (χ1n) is 6.11. The second-order valence-electron chi connectivity index (χ2n) is 4.58. The molecule has 96 valence electrons. The van der Waals surface area contributed by atoms with Gasteiger partial charge in [-0.15, -0.1) is 0 Å². The lowest BCUT2D eigenvalue weighted by atomic mass is 10.1. The van der Waals surface area contributed by atoms with E-state index in [1.807, 2.05) is 32.9 Å². The number of nitrogens with one attached hydrogen (secondary N) is 1. The lowest BCUT2D eigenvalue weighted by molar-refractivity contribution is 0.241. The van der Waals surface area contributed by atoms with Gasteiger partial charge in [0.05, 0.1) is 23.8 Å². The van der Waals surface area contributed by atoms with Gasteiger partial charge in [0.15, 0.2) is 0 Å². The van der Waals surface area contributed by atoms with Crippen LogP contribution in [0.4, 0.5) is 0 Å². The van der Waals surface area contributed by atoms with Gasteiger partial charge in [0, 0.05) is 12.1 Å². The second-order valence-corrected chi connectivity index (χ2v) is 4.58. The van der Waals surface area contributed by atoms with Crippen molar-refractivity contribution in [2.75, 3.05) is 0 Å². The van der Waals surface area contributed by atoms with E-state index in [9.17, 15) is 0 Å². The molecule has 18 heavy (non-hydrogen) atoms. The van der Waals surface area contributed by atoms with E-state index in [2.05, 4.69) is 16.0 Å². The summed E-state index contributed by atoms with van der Waals surface area (Å²) in [6.45, 7) is 6.54. The monoisotopic (exact) mass is 245 g/mol. The summed E-state index contributed by atoms with van der Waals surface area (Å²) in [6.07, 6.45) is 1.85. The molecule has 0 spiro atoms. The number of aromatic nitrogens is 2. The highest BCUT2D eigenvalue weighted by Crippen LogP contribution is 2.27. The highest BCUT2D eigenvalue weighted by Gasteiger charge is 2.09. The minimum atomic E-state index is 0.180. The predicted molar refractivity (Wildman–Crippen MR) is 72.4 cm³/mol. The Morgan fingerprint density at radius 2 is 2.17 bits per heavy atom. The molecule has 0 aliphatic carbocycles. The van der Waals surface area contributed by atoms with Gasteiger partial charge >= 0.3 is 0 Å². The number of benzene rings is 1. The molecule has 2 aromatic rings. The number of hydrogen-bond donors (Lipinski definition) is 2. The first kappa shape index (κ1) is 12.6. The van der Waals surface area contributed by atoms with Crippen molar-refractivity contribution in [3.8, 4) is 17.0 Å². The Hall–Kier alpha value is -1.81. The molecular formula is C14H19N3O. The summed E-state index contributed by atoms with van der Waals surface area (Å²) in [7, 11) is 0. The molecule has 0 atom stereocenters. The number of H-pyrrole nitrogens is 1. The zero-order chi connectivity index (χ0) is 13.1. The van der Waals surface area contributed by atoms with Crippen molar-refractivity contribution in [3.05, 3.63) is 35.8 Å². The van der Waals surface area contributed by atoms with Gasteiger partial charge in [-0.25, -0.2) is 4.98 Å². The van der Waals surface area contributed by atoms with Gasteiger partial charge in [0.25, 0.3) is 0 Å². The van der Waals surface area contributed by atoms with Gasteiger partial charge in [0.2, 0.25) is 0 Å². The first-order chi connectivity index (χ1) is 8.61. The van der Waals surface area contributed by atoms with Crippen LogP contribution < -0.4 is 10.5 Å². The van der Waals surface area contributed by atoms with Crippen molar-refractivity contribution < 1.29 is 4.74 Å². The zero-order valence-electron chi connectivity index (χ0n) is 11.0. The molecule has 1 heterocycles. The molecule has 0 saturated carbocycles. The zero-order valence-corrected chi connectivity index (χ0v) is 11.0. The second kappa shape index (κ2) is 5.23. The van der Waals surface area contributed by atoms with Crippen molar-refractivity contribution in [2.45, 2.75) is 33.4 Å². The largest absolute Gasteiger partial charge is 0.491 e. The SMILES string of the molecule is Cc1cc(-c2nc[nH]c2CN)ccc1OC(C)C. The minimum absolute atomic E-state index is 0.180. The average Bonchev–Trinajstić information content (AvgIpc) is 2.79. The highest BCUT2D eigenvalue weighted by molar-refractivity contribution is 5.64. The third-order valence-corrected chi connectivity index (χ3v) is 2.73. The van der Waals surface area contributed by atoms with Crippen LogP contribution in [0.25, 0.3) is 11.3 Å². The van der Waals surface area contributed by atoms with E-state index in [4.69, 9.17) is 10.5 Å². The van der Waals surface area contributed by atoms with Crippen LogP contribution in [0.3, 0.4) is 0 Å². The van der Waals surface area contributed by atoms with Crippen molar-refractivity contribution in [1.82, 2.24) is 9.97 Å². The number of ether oxygens (including phenoxy) is 1. The molecular weight excluding hydrogens is 226 g/mol. The van der Waals surface area contributed by atoms with Crippen LogP contribution in [0.1, 0.15) is 25.1 Å². The summed E-state index contributed by atoms with van der Waals surface area (Å²) in [6, 6.07) is 6.08. The van der Waals surface area contributed by atoms with E-state index < -0.39 is 0 Å². The van der Waals surface area contributed by atoms with Crippen LogP contribution >= 0.6 is 0 Å². The maximum absolute atomic E-state index is 5.72. The fraction of sp³-hybridized carbons (Fsp3) is 0.357. The summed E-state index contributed by atoms with van der Waals surface area (Å²) >= 11 is 0. The molecule has 0 bridgehead atoms.